The third kappa shape index (κ3) is 6.32. The van der Waals surface area contributed by atoms with Crippen molar-refractivity contribution >= 4 is 58.0 Å². The molecule has 0 spiro atoms. The van der Waals surface area contributed by atoms with Gasteiger partial charge in [-0.3, -0.25) is 29.3 Å². The molecule has 5 amide bonds. The third-order valence-electron chi connectivity index (χ3n) is 12.4. The summed E-state index contributed by atoms with van der Waals surface area (Å²) in [6.07, 6.45) is 10.9. The van der Waals surface area contributed by atoms with Crippen LogP contribution in [0.1, 0.15) is 101 Å². The van der Waals surface area contributed by atoms with Crippen molar-refractivity contribution in [2.24, 2.45) is 5.92 Å². The maximum atomic E-state index is 13.6. The molecule has 2 atom stereocenters. The Bertz CT molecular complexity index is 2240. The van der Waals surface area contributed by atoms with E-state index in [1.165, 1.54) is 0 Å². The summed E-state index contributed by atoms with van der Waals surface area (Å²) in [5.74, 6) is 0.322. The van der Waals surface area contributed by atoms with Crippen molar-refractivity contribution in [3.8, 4) is 0 Å². The number of nitrogens with one attached hydrogen (secondary N) is 2. The first kappa shape index (κ1) is 35.8. The van der Waals surface area contributed by atoms with Crippen LogP contribution >= 0.6 is 0 Å². The van der Waals surface area contributed by atoms with Gasteiger partial charge in [0, 0.05) is 93.4 Å². The number of piperidine rings is 2. The lowest BCUT2D eigenvalue weighted by atomic mass is 9.81. The zero-order valence-corrected chi connectivity index (χ0v) is 31.7. The van der Waals surface area contributed by atoms with Gasteiger partial charge in [-0.15, -0.1) is 0 Å². The van der Waals surface area contributed by atoms with Gasteiger partial charge in [0.25, 0.3) is 17.7 Å². The summed E-state index contributed by atoms with van der Waals surface area (Å²) in [6, 6.07) is 11.1. The van der Waals surface area contributed by atoms with E-state index in [1.54, 1.807) is 48.4 Å². The van der Waals surface area contributed by atoms with Crippen molar-refractivity contribution < 1.29 is 24.0 Å². The number of pyridine rings is 1. The Morgan fingerprint density at radius 2 is 1.70 bits per heavy atom. The SMILES string of the molecule is CN(C)C(=O)c1cc2cnc(Nc3ccc(C(=O)N4CCC([C@@H]5CCN5c5cccc6c5CN([C@@H]5CCC(=O)NC5=O)C6=O)CC4)cn3)nc2n1C1CCCC1. The van der Waals surface area contributed by atoms with Crippen LogP contribution in [0.3, 0.4) is 0 Å². The van der Waals surface area contributed by atoms with E-state index in [0.29, 0.717) is 66.6 Å². The number of imide groups is 1. The van der Waals surface area contributed by atoms with E-state index in [9.17, 15) is 24.0 Å². The highest BCUT2D eigenvalue weighted by molar-refractivity contribution is 6.06. The largest absolute Gasteiger partial charge is 0.368 e. The number of likely N-dealkylation sites (tertiary alicyclic amines) is 1. The standard InChI is InChI=1S/C41H46N10O5/c1-47(2)40(56)33-20-26-22-43-41(46-36(26)51(33)27-6-3-4-7-27)44-34-12-10-25(21-42-34)38(54)48-17-14-24(15-18-48)30-16-19-49(30)31-9-5-8-28-29(31)23-50(39(28)55)32-11-13-35(52)45-37(32)53/h5,8-10,12,20-22,24,27,30,32H,3-4,6-7,11,13-19,23H2,1-2H3,(H,45,52,53)(H,42,43,44,46)/t30-,32+/m0/s1. The van der Waals surface area contributed by atoms with Crippen LogP contribution in [0.25, 0.3) is 11.0 Å². The van der Waals surface area contributed by atoms with Gasteiger partial charge in [0.05, 0.1) is 5.56 Å². The maximum absolute atomic E-state index is 13.6. The smallest absolute Gasteiger partial charge is 0.270 e. The third-order valence-corrected chi connectivity index (χ3v) is 12.4. The van der Waals surface area contributed by atoms with Gasteiger partial charge < -0.3 is 29.5 Å². The van der Waals surface area contributed by atoms with Crippen LogP contribution < -0.4 is 15.5 Å². The molecule has 15 nitrogen and oxygen atoms in total. The van der Waals surface area contributed by atoms with Crippen molar-refractivity contribution in [2.45, 2.75) is 82.5 Å². The average molecular weight is 759 g/mol. The quantitative estimate of drug-likeness (QED) is 0.248. The number of carbonyl (C=O) groups excluding carboxylic acids is 5. The fraction of sp³-hybridized carbons (Fsp3) is 0.463. The second-order valence-corrected chi connectivity index (χ2v) is 15.9. The lowest BCUT2D eigenvalue weighted by Crippen LogP contribution is -2.55. The van der Waals surface area contributed by atoms with E-state index in [0.717, 1.165) is 73.8 Å². The van der Waals surface area contributed by atoms with Crippen molar-refractivity contribution in [3.63, 3.8) is 0 Å². The molecule has 7 heterocycles. The number of hydrogen-bond acceptors (Lipinski definition) is 10. The van der Waals surface area contributed by atoms with Crippen LogP contribution in [-0.4, -0.2) is 110 Å². The lowest BCUT2D eigenvalue weighted by molar-refractivity contribution is -0.136. The molecule has 56 heavy (non-hydrogen) atoms. The lowest BCUT2D eigenvalue weighted by Gasteiger charge is -2.49. The molecule has 4 fully saturated rings. The normalized spacial score (nSPS) is 21.7. The molecule has 2 N–H and O–H groups in total. The maximum Gasteiger partial charge on any atom is 0.270 e. The van der Waals surface area contributed by atoms with Crippen molar-refractivity contribution in [2.75, 3.05) is 43.9 Å². The van der Waals surface area contributed by atoms with E-state index in [-0.39, 0.29) is 36.1 Å². The summed E-state index contributed by atoms with van der Waals surface area (Å²) in [7, 11) is 3.51. The predicted octanol–water partition coefficient (Wildman–Crippen LogP) is 4.28. The van der Waals surface area contributed by atoms with Gasteiger partial charge in [-0.05, 0) is 74.8 Å². The van der Waals surface area contributed by atoms with Gasteiger partial charge in [0.2, 0.25) is 17.8 Å². The minimum absolute atomic E-state index is 0.0500. The van der Waals surface area contributed by atoms with Gasteiger partial charge in [-0.1, -0.05) is 18.9 Å². The van der Waals surface area contributed by atoms with Crippen LogP contribution in [-0.2, 0) is 16.1 Å². The molecule has 0 unspecified atom stereocenters. The molecule has 3 saturated heterocycles. The highest BCUT2D eigenvalue weighted by atomic mass is 16.2. The number of fused-ring (bicyclic) bond motifs is 2. The fourth-order valence-corrected chi connectivity index (χ4v) is 9.41. The fourth-order valence-electron chi connectivity index (χ4n) is 9.41. The number of carbonyl (C=O) groups is 5. The number of rotatable bonds is 8. The molecule has 9 rings (SSSR count). The molecule has 3 aromatic heterocycles. The van der Waals surface area contributed by atoms with Gasteiger partial charge in [-0.2, -0.15) is 4.98 Å². The minimum Gasteiger partial charge on any atom is -0.368 e. The Morgan fingerprint density at radius 3 is 2.39 bits per heavy atom. The molecule has 1 saturated carbocycles. The van der Waals surface area contributed by atoms with Gasteiger partial charge in [0.15, 0.2) is 0 Å². The van der Waals surface area contributed by atoms with E-state index >= 15 is 0 Å². The molecule has 1 aliphatic carbocycles. The molecule has 5 aliphatic rings. The predicted molar refractivity (Wildman–Crippen MR) is 207 cm³/mol. The number of hydrogen-bond donors (Lipinski definition) is 2. The number of aromatic nitrogens is 4. The molecule has 0 bridgehead atoms. The summed E-state index contributed by atoms with van der Waals surface area (Å²) in [5, 5.41) is 6.39. The molecule has 1 aromatic carbocycles. The van der Waals surface area contributed by atoms with Crippen molar-refractivity contribution in [1.29, 1.82) is 0 Å². The second-order valence-electron chi connectivity index (χ2n) is 15.9. The van der Waals surface area contributed by atoms with E-state index in [2.05, 4.69) is 36.1 Å². The van der Waals surface area contributed by atoms with Gasteiger partial charge >= 0.3 is 0 Å². The Labute approximate surface area is 324 Å². The number of nitrogens with zero attached hydrogens (tertiary/aromatic N) is 8. The molecule has 4 aliphatic heterocycles. The Balaban J connectivity index is 0.827. The van der Waals surface area contributed by atoms with Gasteiger partial charge in [-0.25, -0.2) is 9.97 Å². The number of anilines is 3. The van der Waals surface area contributed by atoms with Crippen LogP contribution in [0.15, 0.2) is 48.8 Å². The van der Waals surface area contributed by atoms with Crippen molar-refractivity contribution in [3.05, 3.63) is 71.2 Å². The monoisotopic (exact) mass is 758 g/mol. The summed E-state index contributed by atoms with van der Waals surface area (Å²) in [6.45, 7) is 2.54. The van der Waals surface area contributed by atoms with Crippen LogP contribution in [0.5, 0.6) is 0 Å². The Hall–Kier alpha value is -5.86. The van der Waals surface area contributed by atoms with Crippen LogP contribution in [0.4, 0.5) is 17.5 Å². The van der Waals surface area contributed by atoms with E-state index in [1.807, 2.05) is 23.1 Å². The Morgan fingerprint density at radius 1 is 0.893 bits per heavy atom. The van der Waals surface area contributed by atoms with E-state index in [4.69, 9.17) is 4.98 Å². The second kappa shape index (κ2) is 14.3. The first-order valence-electron chi connectivity index (χ1n) is 19.8. The van der Waals surface area contributed by atoms with Crippen LogP contribution in [0, 0.1) is 5.92 Å². The highest BCUT2D eigenvalue weighted by Crippen LogP contribution is 2.41. The van der Waals surface area contributed by atoms with Crippen LogP contribution in [0.2, 0.25) is 0 Å². The first-order valence-corrected chi connectivity index (χ1v) is 19.8. The van der Waals surface area contributed by atoms with E-state index < -0.39 is 11.9 Å². The first-order chi connectivity index (χ1) is 27.1. The summed E-state index contributed by atoms with van der Waals surface area (Å²) in [5.41, 5.74) is 4.47. The number of benzene rings is 1. The number of amides is 5. The zero-order chi connectivity index (χ0) is 38.7. The molecule has 0 radical (unpaired) electrons. The topological polar surface area (TPSA) is 166 Å². The molecular weight excluding hydrogens is 713 g/mol. The summed E-state index contributed by atoms with van der Waals surface area (Å²) >= 11 is 0. The molecular formula is C41H46N10O5. The van der Waals surface area contributed by atoms with Crippen molar-refractivity contribution in [1.82, 2.24) is 39.5 Å². The minimum atomic E-state index is -0.642. The highest BCUT2D eigenvalue weighted by Gasteiger charge is 2.43. The molecule has 4 aromatic rings. The van der Waals surface area contributed by atoms with Gasteiger partial charge in [0.1, 0.15) is 23.2 Å². The molecule has 15 heteroatoms. The summed E-state index contributed by atoms with van der Waals surface area (Å²) < 4.78 is 2.08. The molecule has 290 valence electrons. The Kier molecular flexibility index (Phi) is 9.17. The zero-order valence-electron chi connectivity index (χ0n) is 31.7. The average Bonchev–Trinajstić information content (AvgIpc) is 3.93. The summed E-state index contributed by atoms with van der Waals surface area (Å²) in [4.78, 5) is 85.8.